The molecule has 1 aromatic heterocycles. The fourth-order valence-electron chi connectivity index (χ4n) is 3.38. The first-order chi connectivity index (χ1) is 11.7. The summed E-state index contributed by atoms with van der Waals surface area (Å²) in [5.74, 6) is 0. The number of nitro groups is 1. The van der Waals surface area contributed by atoms with Crippen LogP contribution in [0.25, 0.3) is 10.9 Å². The largest absolute Gasteiger partial charge is 0.384 e. The minimum absolute atomic E-state index is 0.0723. The maximum atomic E-state index is 11.2. The van der Waals surface area contributed by atoms with Gasteiger partial charge in [0.2, 0.25) is 0 Å². The summed E-state index contributed by atoms with van der Waals surface area (Å²) in [7, 11) is 1.73. The maximum absolute atomic E-state index is 11.2. The van der Waals surface area contributed by atoms with Crippen molar-refractivity contribution in [1.29, 1.82) is 0 Å². The third kappa shape index (κ3) is 3.32. The van der Waals surface area contributed by atoms with Crippen LogP contribution in [0.3, 0.4) is 0 Å². The summed E-state index contributed by atoms with van der Waals surface area (Å²) in [6, 6.07) is 6.74. The van der Waals surface area contributed by atoms with Crippen molar-refractivity contribution in [1.82, 2.24) is 10.3 Å². The lowest BCUT2D eigenvalue weighted by Crippen LogP contribution is -2.44. The molecule has 1 aliphatic rings. The second-order valence-corrected chi connectivity index (χ2v) is 6.33. The molecule has 0 amide bonds. The maximum Gasteiger partial charge on any atom is 0.278 e. The molecule has 0 saturated carbocycles. The lowest BCUT2D eigenvalue weighted by atomic mass is 9.79. The van der Waals surface area contributed by atoms with E-state index in [1.54, 1.807) is 31.5 Å². The Morgan fingerprint density at radius 1 is 1.38 bits per heavy atom. The summed E-state index contributed by atoms with van der Waals surface area (Å²) in [5.41, 5.74) is 1.61. The third-order valence-electron chi connectivity index (χ3n) is 4.71. The van der Waals surface area contributed by atoms with Gasteiger partial charge in [-0.05, 0) is 44.1 Å². The van der Waals surface area contributed by atoms with Crippen LogP contribution in [0.4, 0.5) is 11.4 Å². The fraction of sp³-hybridized carbons (Fsp3) is 0.471. The number of aromatic nitrogens is 1. The Hall–Kier alpha value is -2.25. The minimum atomic E-state index is -0.368. The zero-order valence-electron chi connectivity index (χ0n) is 13.7. The smallest absolute Gasteiger partial charge is 0.278 e. The Morgan fingerprint density at radius 2 is 2.17 bits per heavy atom. The standard InChI is InChI=1S/C17H22N4O3/c1-24-12-17(6-9-18-10-7-17)11-20-14-4-5-15(21(22)23)13-3-2-8-19-16(13)14/h2-5,8,18,20H,6-7,9-12H2,1H3. The monoisotopic (exact) mass is 330 g/mol. The molecule has 128 valence electrons. The molecule has 2 aromatic rings. The van der Waals surface area contributed by atoms with Gasteiger partial charge in [0.1, 0.15) is 5.52 Å². The van der Waals surface area contributed by atoms with Gasteiger partial charge in [0.05, 0.1) is 22.6 Å². The SMILES string of the molecule is COCC1(CNc2ccc([N+](=O)[O-])c3cccnc23)CCNCC1. The van der Waals surface area contributed by atoms with E-state index < -0.39 is 0 Å². The van der Waals surface area contributed by atoms with Crippen LogP contribution in [-0.2, 0) is 4.74 Å². The zero-order chi connectivity index (χ0) is 17.0. The Bertz CT molecular complexity index is 723. The number of hydrogen-bond donors (Lipinski definition) is 2. The average molecular weight is 330 g/mol. The van der Waals surface area contributed by atoms with E-state index in [0.29, 0.717) is 17.5 Å². The quantitative estimate of drug-likeness (QED) is 0.625. The van der Waals surface area contributed by atoms with E-state index in [4.69, 9.17) is 4.74 Å². The van der Waals surface area contributed by atoms with Crippen molar-refractivity contribution in [3.05, 3.63) is 40.6 Å². The molecule has 0 atom stereocenters. The summed E-state index contributed by atoms with van der Waals surface area (Å²) in [6.45, 7) is 3.40. The fourth-order valence-corrected chi connectivity index (χ4v) is 3.38. The van der Waals surface area contributed by atoms with E-state index >= 15 is 0 Å². The highest BCUT2D eigenvalue weighted by Gasteiger charge is 2.32. The van der Waals surface area contributed by atoms with Crippen LogP contribution >= 0.6 is 0 Å². The molecule has 1 aromatic carbocycles. The second-order valence-electron chi connectivity index (χ2n) is 6.33. The Kier molecular flexibility index (Phi) is 4.92. The lowest BCUT2D eigenvalue weighted by Gasteiger charge is -2.37. The highest BCUT2D eigenvalue weighted by molar-refractivity contribution is 5.96. The van der Waals surface area contributed by atoms with Gasteiger partial charge < -0.3 is 15.4 Å². The number of non-ortho nitro benzene ring substituents is 1. The van der Waals surface area contributed by atoms with Crippen molar-refractivity contribution < 1.29 is 9.66 Å². The Labute approximate surface area is 140 Å². The van der Waals surface area contributed by atoms with Crippen molar-refractivity contribution in [3.63, 3.8) is 0 Å². The van der Waals surface area contributed by atoms with Gasteiger partial charge in [-0.2, -0.15) is 0 Å². The molecule has 2 heterocycles. The predicted octanol–water partition coefficient (Wildman–Crippen LogP) is 2.57. The van der Waals surface area contributed by atoms with E-state index in [2.05, 4.69) is 15.6 Å². The molecule has 1 aliphatic heterocycles. The lowest BCUT2D eigenvalue weighted by molar-refractivity contribution is -0.383. The summed E-state index contributed by atoms with van der Waals surface area (Å²) >= 11 is 0. The third-order valence-corrected chi connectivity index (χ3v) is 4.71. The van der Waals surface area contributed by atoms with Gasteiger partial charge in [-0.15, -0.1) is 0 Å². The molecule has 3 rings (SSSR count). The van der Waals surface area contributed by atoms with Crippen molar-refractivity contribution in [2.75, 3.05) is 38.7 Å². The topological polar surface area (TPSA) is 89.3 Å². The van der Waals surface area contributed by atoms with E-state index in [0.717, 1.165) is 38.2 Å². The van der Waals surface area contributed by atoms with Gasteiger partial charge in [0, 0.05) is 31.3 Å². The minimum Gasteiger partial charge on any atom is -0.384 e. The summed E-state index contributed by atoms with van der Waals surface area (Å²) in [5, 5.41) is 18.6. The molecule has 24 heavy (non-hydrogen) atoms. The van der Waals surface area contributed by atoms with Gasteiger partial charge in [0.15, 0.2) is 0 Å². The van der Waals surface area contributed by atoms with Crippen LogP contribution in [0.1, 0.15) is 12.8 Å². The highest BCUT2D eigenvalue weighted by atomic mass is 16.6. The number of benzene rings is 1. The molecular weight excluding hydrogens is 308 g/mol. The van der Waals surface area contributed by atoms with E-state index in [-0.39, 0.29) is 16.0 Å². The van der Waals surface area contributed by atoms with Crippen molar-refractivity contribution in [3.8, 4) is 0 Å². The molecule has 0 radical (unpaired) electrons. The normalized spacial score (nSPS) is 16.9. The van der Waals surface area contributed by atoms with Gasteiger partial charge in [-0.1, -0.05) is 0 Å². The summed E-state index contributed by atoms with van der Waals surface area (Å²) in [6.07, 6.45) is 3.73. The van der Waals surface area contributed by atoms with Gasteiger partial charge in [0.25, 0.3) is 5.69 Å². The van der Waals surface area contributed by atoms with E-state index in [9.17, 15) is 10.1 Å². The number of hydrogen-bond acceptors (Lipinski definition) is 6. The molecule has 1 saturated heterocycles. The van der Waals surface area contributed by atoms with Crippen LogP contribution in [-0.4, -0.2) is 43.3 Å². The number of nitrogens with zero attached hydrogens (tertiary/aromatic N) is 2. The molecule has 7 nitrogen and oxygen atoms in total. The number of methoxy groups -OCH3 is 1. The summed E-state index contributed by atoms with van der Waals surface area (Å²) < 4.78 is 5.44. The van der Waals surface area contributed by atoms with E-state index in [1.807, 2.05) is 0 Å². The van der Waals surface area contributed by atoms with Crippen LogP contribution in [0.2, 0.25) is 0 Å². The van der Waals surface area contributed by atoms with Crippen LogP contribution in [0.5, 0.6) is 0 Å². The number of rotatable bonds is 6. The number of ether oxygens (including phenoxy) is 1. The zero-order valence-corrected chi connectivity index (χ0v) is 13.7. The number of pyridine rings is 1. The van der Waals surface area contributed by atoms with Crippen LogP contribution < -0.4 is 10.6 Å². The Balaban J connectivity index is 1.87. The van der Waals surface area contributed by atoms with Crippen molar-refractivity contribution in [2.45, 2.75) is 12.8 Å². The number of piperidine rings is 1. The number of anilines is 1. The molecule has 7 heteroatoms. The van der Waals surface area contributed by atoms with E-state index in [1.165, 1.54) is 6.07 Å². The summed E-state index contributed by atoms with van der Waals surface area (Å²) in [4.78, 5) is 15.2. The van der Waals surface area contributed by atoms with Crippen LogP contribution in [0.15, 0.2) is 30.5 Å². The molecule has 0 unspecified atom stereocenters. The Morgan fingerprint density at radius 3 is 2.88 bits per heavy atom. The van der Waals surface area contributed by atoms with Gasteiger partial charge in [-0.25, -0.2) is 0 Å². The average Bonchev–Trinajstić information content (AvgIpc) is 2.60. The molecule has 2 N–H and O–H groups in total. The second kappa shape index (κ2) is 7.11. The molecule has 0 bridgehead atoms. The highest BCUT2D eigenvalue weighted by Crippen LogP contribution is 2.33. The first-order valence-corrected chi connectivity index (χ1v) is 8.11. The first-order valence-electron chi connectivity index (χ1n) is 8.11. The predicted molar refractivity (Wildman–Crippen MR) is 93.3 cm³/mol. The van der Waals surface area contributed by atoms with Gasteiger partial charge in [-0.3, -0.25) is 15.1 Å². The first kappa shape index (κ1) is 16.6. The number of fused-ring (bicyclic) bond motifs is 1. The molecule has 0 aliphatic carbocycles. The van der Waals surface area contributed by atoms with Crippen LogP contribution in [0, 0.1) is 15.5 Å². The van der Waals surface area contributed by atoms with Crippen molar-refractivity contribution >= 4 is 22.3 Å². The number of nitrogens with one attached hydrogen (secondary N) is 2. The molecule has 1 fully saturated rings. The molecular formula is C17H22N4O3. The van der Waals surface area contributed by atoms with Gasteiger partial charge >= 0.3 is 0 Å². The molecule has 0 spiro atoms. The number of nitro benzene ring substituents is 1. The van der Waals surface area contributed by atoms with Crippen molar-refractivity contribution in [2.24, 2.45) is 5.41 Å².